The van der Waals surface area contributed by atoms with Crippen molar-refractivity contribution in [1.82, 2.24) is 9.97 Å². The van der Waals surface area contributed by atoms with E-state index in [0.29, 0.717) is 17.0 Å². The third kappa shape index (κ3) is 4.73. The molecule has 0 saturated carbocycles. The van der Waals surface area contributed by atoms with Gasteiger partial charge < -0.3 is 4.42 Å². The standard InChI is InChI=1S/C17H17FN2O3S2/c1-2-4-16-19-15(9-24-16)11-25(21,22)10-14-8-23-17(20-14)12-5-3-6-13(18)7-12/h3,5-9H,2,4,10-11H2,1H3. The molecule has 0 amide bonds. The topological polar surface area (TPSA) is 73.1 Å². The smallest absolute Gasteiger partial charge is 0.226 e. The maximum Gasteiger partial charge on any atom is 0.226 e. The summed E-state index contributed by atoms with van der Waals surface area (Å²) in [6.07, 6.45) is 3.12. The summed E-state index contributed by atoms with van der Waals surface area (Å²) in [4.78, 5) is 8.50. The van der Waals surface area contributed by atoms with Gasteiger partial charge >= 0.3 is 0 Å². The first-order valence-corrected chi connectivity index (χ1v) is 10.5. The highest BCUT2D eigenvalue weighted by Gasteiger charge is 2.18. The predicted octanol–water partition coefficient (Wildman–Crippen LogP) is 4.00. The number of sulfone groups is 1. The third-order valence-corrected chi connectivity index (χ3v) is 5.85. The molecular weight excluding hydrogens is 363 g/mol. The molecule has 0 atom stereocenters. The molecule has 3 rings (SSSR count). The molecule has 0 fully saturated rings. The molecule has 0 aliphatic rings. The maximum absolute atomic E-state index is 13.3. The molecule has 5 nitrogen and oxygen atoms in total. The maximum atomic E-state index is 13.3. The summed E-state index contributed by atoms with van der Waals surface area (Å²) in [5, 5.41) is 2.73. The summed E-state index contributed by atoms with van der Waals surface area (Å²) in [5.74, 6) is -0.582. The highest BCUT2D eigenvalue weighted by atomic mass is 32.2. The Kier molecular flexibility index (Phi) is 5.29. The van der Waals surface area contributed by atoms with Crippen LogP contribution < -0.4 is 0 Å². The van der Waals surface area contributed by atoms with Crippen molar-refractivity contribution in [3.63, 3.8) is 0 Å². The van der Waals surface area contributed by atoms with Gasteiger partial charge in [-0.1, -0.05) is 13.0 Å². The van der Waals surface area contributed by atoms with Crippen LogP contribution in [0.1, 0.15) is 29.7 Å². The zero-order valence-electron chi connectivity index (χ0n) is 13.6. The van der Waals surface area contributed by atoms with E-state index in [1.54, 1.807) is 17.5 Å². The van der Waals surface area contributed by atoms with Crippen LogP contribution in [0.3, 0.4) is 0 Å². The van der Waals surface area contributed by atoms with Gasteiger partial charge in [-0.2, -0.15) is 0 Å². The zero-order valence-corrected chi connectivity index (χ0v) is 15.2. The fourth-order valence-electron chi connectivity index (χ4n) is 2.37. The fourth-order valence-corrected chi connectivity index (χ4v) is 4.66. The summed E-state index contributed by atoms with van der Waals surface area (Å²) >= 11 is 1.48. The Hall–Kier alpha value is -2.06. The van der Waals surface area contributed by atoms with Crippen LogP contribution in [0.4, 0.5) is 4.39 Å². The summed E-state index contributed by atoms with van der Waals surface area (Å²) < 4.78 is 43.3. The molecule has 0 aliphatic carbocycles. The van der Waals surface area contributed by atoms with Crippen molar-refractivity contribution >= 4 is 21.2 Å². The van der Waals surface area contributed by atoms with Crippen molar-refractivity contribution in [1.29, 1.82) is 0 Å². The van der Waals surface area contributed by atoms with Gasteiger partial charge in [0, 0.05) is 10.9 Å². The lowest BCUT2D eigenvalue weighted by Gasteiger charge is -1.99. The number of halogens is 1. The minimum atomic E-state index is -3.42. The van der Waals surface area contributed by atoms with Crippen LogP contribution in [-0.4, -0.2) is 18.4 Å². The first kappa shape index (κ1) is 17.8. The fraction of sp³-hybridized carbons (Fsp3) is 0.294. The molecule has 25 heavy (non-hydrogen) atoms. The molecule has 0 N–H and O–H groups in total. The summed E-state index contributed by atoms with van der Waals surface area (Å²) in [6.45, 7) is 2.05. The highest BCUT2D eigenvalue weighted by molar-refractivity contribution is 7.89. The van der Waals surface area contributed by atoms with Gasteiger partial charge in [0.25, 0.3) is 0 Å². The number of oxazole rings is 1. The van der Waals surface area contributed by atoms with E-state index in [0.717, 1.165) is 17.8 Å². The molecule has 0 bridgehead atoms. The van der Waals surface area contributed by atoms with E-state index in [9.17, 15) is 12.8 Å². The molecule has 8 heteroatoms. The van der Waals surface area contributed by atoms with Crippen LogP contribution in [0.5, 0.6) is 0 Å². The Labute approximate surface area is 149 Å². The van der Waals surface area contributed by atoms with E-state index in [-0.39, 0.29) is 17.4 Å². The van der Waals surface area contributed by atoms with Crippen molar-refractivity contribution < 1.29 is 17.2 Å². The number of hydrogen-bond donors (Lipinski definition) is 0. The van der Waals surface area contributed by atoms with Crippen molar-refractivity contribution in [3.8, 4) is 11.5 Å². The Bertz CT molecular complexity index is 964. The summed E-state index contributed by atoms with van der Waals surface area (Å²) in [6, 6.07) is 5.80. The molecule has 0 spiro atoms. The van der Waals surface area contributed by atoms with Gasteiger partial charge in [-0.25, -0.2) is 22.8 Å². The van der Waals surface area contributed by atoms with Crippen molar-refractivity contribution in [2.24, 2.45) is 0 Å². The molecule has 132 valence electrons. The highest BCUT2D eigenvalue weighted by Crippen LogP contribution is 2.21. The number of thiazole rings is 1. The van der Waals surface area contributed by atoms with Gasteiger partial charge in [0.1, 0.15) is 12.1 Å². The van der Waals surface area contributed by atoms with E-state index < -0.39 is 15.7 Å². The predicted molar refractivity (Wildman–Crippen MR) is 94.3 cm³/mol. The zero-order chi connectivity index (χ0) is 17.9. The Morgan fingerprint density at radius 3 is 2.76 bits per heavy atom. The Morgan fingerprint density at radius 1 is 1.20 bits per heavy atom. The molecule has 2 heterocycles. The van der Waals surface area contributed by atoms with Gasteiger partial charge in [-0.3, -0.25) is 0 Å². The third-order valence-electron chi connectivity index (χ3n) is 3.42. The lowest BCUT2D eigenvalue weighted by atomic mass is 10.2. The quantitative estimate of drug-likeness (QED) is 0.619. The lowest BCUT2D eigenvalue weighted by Crippen LogP contribution is -2.08. The van der Waals surface area contributed by atoms with Gasteiger partial charge in [0.2, 0.25) is 5.89 Å². The largest absolute Gasteiger partial charge is 0.444 e. The second-order valence-corrected chi connectivity index (χ2v) is 8.68. The van der Waals surface area contributed by atoms with E-state index in [2.05, 4.69) is 16.9 Å². The number of benzene rings is 1. The SMILES string of the molecule is CCCc1nc(CS(=O)(=O)Cc2coc(-c3cccc(F)c3)n2)cs1. The lowest BCUT2D eigenvalue weighted by molar-refractivity contribution is 0.570. The van der Waals surface area contributed by atoms with Crippen LogP contribution in [0.2, 0.25) is 0 Å². The first-order chi connectivity index (χ1) is 11.9. The molecule has 1 aromatic carbocycles. The average Bonchev–Trinajstić information content (AvgIpc) is 3.16. The normalized spacial score (nSPS) is 11.8. The molecule has 0 aliphatic heterocycles. The molecular formula is C17H17FN2O3S2. The van der Waals surface area contributed by atoms with E-state index >= 15 is 0 Å². The Morgan fingerprint density at radius 2 is 2.00 bits per heavy atom. The second kappa shape index (κ2) is 7.45. The first-order valence-electron chi connectivity index (χ1n) is 7.79. The molecule has 0 unspecified atom stereocenters. The van der Waals surface area contributed by atoms with Gasteiger partial charge in [0.05, 0.1) is 27.9 Å². The minimum Gasteiger partial charge on any atom is -0.444 e. The van der Waals surface area contributed by atoms with E-state index in [1.165, 1.54) is 29.7 Å². The number of aromatic nitrogens is 2. The van der Waals surface area contributed by atoms with Crippen molar-refractivity contribution in [2.45, 2.75) is 31.3 Å². The Balaban J connectivity index is 1.70. The van der Waals surface area contributed by atoms with Gasteiger partial charge in [-0.05, 0) is 31.0 Å². The molecule has 2 aromatic heterocycles. The van der Waals surface area contributed by atoms with Crippen LogP contribution in [0.25, 0.3) is 11.5 Å². The van der Waals surface area contributed by atoms with Gasteiger partial charge in [-0.15, -0.1) is 11.3 Å². The number of rotatable bonds is 7. The van der Waals surface area contributed by atoms with Crippen LogP contribution in [0.15, 0.2) is 40.3 Å². The number of aryl methyl sites for hydroxylation is 1. The van der Waals surface area contributed by atoms with Crippen LogP contribution in [0, 0.1) is 5.82 Å². The van der Waals surface area contributed by atoms with Crippen LogP contribution in [-0.2, 0) is 27.8 Å². The van der Waals surface area contributed by atoms with Crippen molar-refractivity contribution in [2.75, 3.05) is 0 Å². The number of hydrogen-bond acceptors (Lipinski definition) is 6. The van der Waals surface area contributed by atoms with Crippen LogP contribution >= 0.6 is 11.3 Å². The molecule has 0 saturated heterocycles. The summed E-state index contributed by atoms with van der Waals surface area (Å²) in [7, 11) is -3.42. The average molecular weight is 380 g/mol. The van der Waals surface area contributed by atoms with Gasteiger partial charge in [0.15, 0.2) is 9.84 Å². The minimum absolute atomic E-state index is 0.130. The molecule has 3 aromatic rings. The van der Waals surface area contributed by atoms with E-state index in [4.69, 9.17) is 4.42 Å². The monoisotopic (exact) mass is 380 g/mol. The molecule has 0 radical (unpaired) electrons. The van der Waals surface area contributed by atoms with Crippen molar-refractivity contribution in [3.05, 3.63) is 58.1 Å². The number of nitrogens with zero attached hydrogens (tertiary/aromatic N) is 2. The summed E-state index contributed by atoms with van der Waals surface area (Å²) in [5.41, 5.74) is 1.32. The van der Waals surface area contributed by atoms with E-state index in [1.807, 2.05) is 0 Å². The second-order valence-electron chi connectivity index (χ2n) is 5.67.